The lowest BCUT2D eigenvalue weighted by atomic mass is 10.1. The van der Waals surface area contributed by atoms with Crippen molar-refractivity contribution >= 4 is 23.2 Å². The van der Waals surface area contributed by atoms with Crippen LogP contribution in [0.15, 0.2) is 42.5 Å². The molecule has 2 rings (SSSR count). The van der Waals surface area contributed by atoms with Gasteiger partial charge >= 0.3 is 0 Å². The van der Waals surface area contributed by atoms with Crippen LogP contribution in [0, 0.1) is 6.92 Å². The summed E-state index contributed by atoms with van der Waals surface area (Å²) in [5, 5.41) is 5.74. The monoisotopic (exact) mass is 354 g/mol. The van der Waals surface area contributed by atoms with E-state index in [1.54, 1.807) is 37.3 Å². The molecule has 0 aliphatic carbocycles. The number of hydrogen-bond donors (Lipinski definition) is 2. The average molecular weight is 354 g/mol. The van der Waals surface area contributed by atoms with Crippen LogP contribution in [0.5, 0.6) is 5.75 Å². The van der Waals surface area contributed by atoms with Crippen molar-refractivity contribution < 1.29 is 14.3 Å². The van der Waals surface area contributed by atoms with E-state index in [9.17, 15) is 9.59 Å². The Kier molecular flexibility index (Phi) is 7.21. The SMILES string of the molecule is CCCCOc1ccc(C(=O)Nc2cccc(NC(=O)CC)c2C)cc1. The minimum absolute atomic E-state index is 0.0600. The van der Waals surface area contributed by atoms with Gasteiger partial charge in [0.15, 0.2) is 0 Å². The molecule has 2 amide bonds. The number of rotatable bonds is 8. The van der Waals surface area contributed by atoms with Crippen LogP contribution in [-0.4, -0.2) is 18.4 Å². The third-order valence-corrected chi connectivity index (χ3v) is 4.06. The molecule has 0 bridgehead atoms. The van der Waals surface area contributed by atoms with Crippen LogP contribution < -0.4 is 15.4 Å². The van der Waals surface area contributed by atoms with E-state index in [0.717, 1.165) is 24.2 Å². The number of ether oxygens (including phenoxy) is 1. The maximum absolute atomic E-state index is 12.5. The van der Waals surface area contributed by atoms with E-state index < -0.39 is 0 Å². The van der Waals surface area contributed by atoms with Crippen LogP contribution >= 0.6 is 0 Å². The molecule has 2 aromatic rings. The first kappa shape index (κ1) is 19.5. The fourth-order valence-electron chi connectivity index (χ4n) is 2.38. The molecule has 5 nitrogen and oxygen atoms in total. The maximum atomic E-state index is 12.5. The van der Waals surface area contributed by atoms with Crippen molar-refractivity contribution in [3.05, 3.63) is 53.6 Å². The van der Waals surface area contributed by atoms with E-state index in [4.69, 9.17) is 4.74 Å². The molecule has 0 aliphatic heterocycles. The largest absolute Gasteiger partial charge is 0.494 e. The number of carbonyl (C=O) groups is 2. The number of carbonyl (C=O) groups excluding carboxylic acids is 2. The fraction of sp³-hybridized carbons (Fsp3) is 0.333. The third-order valence-electron chi connectivity index (χ3n) is 4.06. The minimum Gasteiger partial charge on any atom is -0.494 e. The highest BCUT2D eigenvalue weighted by Gasteiger charge is 2.11. The van der Waals surface area contributed by atoms with E-state index in [0.29, 0.717) is 30.0 Å². The lowest BCUT2D eigenvalue weighted by Gasteiger charge is -2.13. The van der Waals surface area contributed by atoms with E-state index in [1.807, 2.05) is 19.1 Å². The van der Waals surface area contributed by atoms with Crippen molar-refractivity contribution in [1.29, 1.82) is 0 Å². The summed E-state index contributed by atoms with van der Waals surface area (Å²) in [6.07, 6.45) is 2.49. The van der Waals surface area contributed by atoms with Crippen molar-refractivity contribution in [3.63, 3.8) is 0 Å². The summed E-state index contributed by atoms with van der Waals surface area (Å²) in [6.45, 7) is 6.45. The molecule has 0 radical (unpaired) electrons. The average Bonchev–Trinajstić information content (AvgIpc) is 2.65. The zero-order valence-electron chi connectivity index (χ0n) is 15.6. The van der Waals surface area contributed by atoms with Gasteiger partial charge in [-0.1, -0.05) is 26.3 Å². The van der Waals surface area contributed by atoms with Gasteiger partial charge < -0.3 is 15.4 Å². The second kappa shape index (κ2) is 9.61. The summed E-state index contributed by atoms with van der Waals surface area (Å²) in [4.78, 5) is 24.1. The molecule has 0 fully saturated rings. The van der Waals surface area contributed by atoms with Crippen LogP contribution in [0.25, 0.3) is 0 Å². The van der Waals surface area contributed by atoms with Crippen LogP contribution in [0.1, 0.15) is 49.0 Å². The summed E-state index contributed by atoms with van der Waals surface area (Å²) in [5.74, 6) is 0.498. The topological polar surface area (TPSA) is 67.4 Å². The highest BCUT2D eigenvalue weighted by molar-refractivity contribution is 6.05. The zero-order valence-corrected chi connectivity index (χ0v) is 15.6. The van der Waals surface area contributed by atoms with E-state index >= 15 is 0 Å². The van der Waals surface area contributed by atoms with E-state index in [-0.39, 0.29) is 11.8 Å². The molecule has 0 heterocycles. The molecule has 2 N–H and O–H groups in total. The summed E-state index contributed by atoms with van der Waals surface area (Å²) in [6, 6.07) is 12.5. The lowest BCUT2D eigenvalue weighted by molar-refractivity contribution is -0.115. The first-order valence-corrected chi connectivity index (χ1v) is 8.98. The van der Waals surface area contributed by atoms with Crippen LogP contribution in [0.4, 0.5) is 11.4 Å². The van der Waals surface area contributed by atoms with Gasteiger partial charge in [-0.3, -0.25) is 9.59 Å². The van der Waals surface area contributed by atoms with Gasteiger partial charge in [0.05, 0.1) is 6.61 Å². The zero-order chi connectivity index (χ0) is 18.9. The summed E-state index contributed by atoms with van der Waals surface area (Å²) < 4.78 is 5.61. The highest BCUT2D eigenvalue weighted by Crippen LogP contribution is 2.24. The maximum Gasteiger partial charge on any atom is 0.255 e. The Labute approximate surface area is 154 Å². The molecule has 0 aliphatic rings. The number of anilines is 2. The first-order chi connectivity index (χ1) is 12.5. The molecule has 0 aromatic heterocycles. The van der Waals surface area contributed by atoms with Gasteiger partial charge in [0.1, 0.15) is 5.75 Å². The Bertz CT molecular complexity index is 754. The Balaban J connectivity index is 2.05. The van der Waals surface area contributed by atoms with Gasteiger partial charge in [-0.2, -0.15) is 0 Å². The number of unbranched alkanes of at least 4 members (excludes halogenated alkanes) is 1. The van der Waals surface area contributed by atoms with Crippen LogP contribution in [0.2, 0.25) is 0 Å². The molecule has 0 saturated heterocycles. The van der Waals surface area contributed by atoms with Crippen LogP contribution in [-0.2, 0) is 4.79 Å². The lowest BCUT2D eigenvalue weighted by Crippen LogP contribution is -2.15. The van der Waals surface area contributed by atoms with Gasteiger partial charge in [-0.05, 0) is 55.3 Å². The molecule has 138 valence electrons. The normalized spacial score (nSPS) is 10.3. The Morgan fingerprint density at radius 1 is 0.962 bits per heavy atom. The minimum atomic E-state index is -0.202. The smallest absolute Gasteiger partial charge is 0.255 e. The number of nitrogens with one attached hydrogen (secondary N) is 2. The Morgan fingerprint density at radius 2 is 1.62 bits per heavy atom. The van der Waals surface area contributed by atoms with Gasteiger partial charge in [0.2, 0.25) is 5.91 Å². The summed E-state index contributed by atoms with van der Waals surface area (Å²) in [7, 11) is 0. The molecule has 26 heavy (non-hydrogen) atoms. The summed E-state index contributed by atoms with van der Waals surface area (Å²) in [5.41, 5.74) is 2.75. The molecule has 0 atom stereocenters. The second-order valence-corrected chi connectivity index (χ2v) is 6.06. The standard InChI is InChI=1S/C21H26N2O3/c1-4-6-14-26-17-12-10-16(11-13-17)21(25)23-19-9-7-8-18(15(19)3)22-20(24)5-2/h7-13H,4-6,14H2,1-3H3,(H,22,24)(H,23,25). The number of benzene rings is 2. The molecular formula is C21H26N2O3. The molecule has 0 spiro atoms. The van der Waals surface area contributed by atoms with Crippen molar-refractivity contribution in [2.75, 3.05) is 17.2 Å². The molecular weight excluding hydrogens is 328 g/mol. The van der Waals surface area contributed by atoms with Gasteiger partial charge in [0.25, 0.3) is 5.91 Å². The number of amides is 2. The van der Waals surface area contributed by atoms with Crippen molar-refractivity contribution in [2.24, 2.45) is 0 Å². The predicted molar refractivity (Wildman–Crippen MR) is 105 cm³/mol. The van der Waals surface area contributed by atoms with Crippen molar-refractivity contribution in [1.82, 2.24) is 0 Å². The molecule has 5 heteroatoms. The quantitative estimate of drug-likeness (QED) is 0.671. The number of hydrogen-bond acceptors (Lipinski definition) is 3. The predicted octanol–water partition coefficient (Wildman–Crippen LogP) is 4.77. The fourth-order valence-corrected chi connectivity index (χ4v) is 2.38. The van der Waals surface area contributed by atoms with Gasteiger partial charge in [-0.25, -0.2) is 0 Å². The molecule has 2 aromatic carbocycles. The first-order valence-electron chi connectivity index (χ1n) is 8.98. The van der Waals surface area contributed by atoms with Crippen molar-refractivity contribution in [3.8, 4) is 5.75 Å². The highest BCUT2D eigenvalue weighted by atomic mass is 16.5. The Hall–Kier alpha value is -2.82. The third kappa shape index (κ3) is 5.34. The summed E-state index contributed by atoms with van der Waals surface area (Å²) >= 11 is 0. The van der Waals surface area contributed by atoms with Crippen LogP contribution in [0.3, 0.4) is 0 Å². The molecule has 0 saturated carbocycles. The molecule has 0 unspecified atom stereocenters. The Morgan fingerprint density at radius 3 is 2.23 bits per heavy atom. The van der Waals surface area contributed by atoms with Crippen molar-refractivity contribution in [2.45, 2.75) is 40.0 Å². The van der Waals surface area contributed by atoms with Gasteiger partial charge in [0, 0.05) is 23.4 Å². The van der Waals surface area contributed by atoms with E-state index in [2.05, 4.69) is 17.6 Å². The van der Waals surface area contributed by atoms with E-state index in [1.165, 1.54) is 0 Å². The second-order valence-electron chi connectivity index (χ2n) is 6.06. The van der Waals surface area contributed by atoms with Gasteiger partial charge in [-0.15, -0.1) is 0 Å².